The van der Waals surface area contributed by atoms with Gasteiger partial charge in [0, 0.05) is 25.8 Å². The number of rotatable bonds is 6. The van der Waals surface area contributed by atoms with Crippen LogP contribution in [0.1, 0.15) is 26.7 Å². The highest BCUT2D eigenvalue weighted by Gasteiger charge is 2.21. The molecule has 118 valence electrons. The van der Waals surface area contributed by atoms with Crippen molar-refractivity contribution in [3.05, 3.63) is 24.5 Å². The fourth-order valence-electron chi connectivity index (χ4n) is 2.68. The Morgan fingerprint density at radius 1 is 1.38 bits per heavy atom. The summed E-state index contributed by atoms with van der Waals surface area (Å²) in [5.74, 6) is 0.802. The predicted octanol–water partition coefficient (Wildman–Crippen LogP) is 1.87. The molecule has 1 N–H and O–H groups in total. The largest absolute Gasteiger partial charge is 0.370 e. The summed E-state index contributed by atoms with van der Waals surface area (Å²) in [4.78, 5) is 6.45. The second-order valence-electron chi connectivity index (χ2n) is 6.17. The van der Waals surface area contributed by atoms with E-state index in [-0.39, 0.29) is 11.7 Å². The van der Waals surface area contributed by atoms with Gasteiger partial charge in [0.1, 0.15) is 0 Å². The summed E-state index contributed by atoms with van der Waals surface area (Å²) in [6.45, 7) is 6.33. The maximum absolute atomic E-state index is 11.8. The summed E-state index contributed by atoms with van der Waals surface area (Å²) in [5, 5.41) is 0. The van der Waals surface area contributed by atoms with Crippen molar-refractivity contribution in [2.75, 3.05) is 30.3 Å². The van der Waals surface area contributed by atoms with Crippen molar-refractivity contribution in [2.24, 2.45) is 11.8 Å². The van der Waals surface area contributed by atoms with E-state index in [1.807, 2.05) is 26.1 Å². The SMILES string of the molecule is CC(C)CS(=O)(=O)NCC1CCN(c2cccnc2)CC1. The Bertz CT molecular complexity index is 523. The zero-order valence-electron chi connectivity index (χ0n) is 12.8. The molecule has 0 aliphatic carbocycles. The van der Waals surface area contributed by atoms with E-state index in [1.54, 1.807) is 6.20 Å². The topological polar surface area (TPSA) is 62.3 Å². The highest BCUT2D eigenvalue weighted by atomic mass is 32.2. The van der Waals surface area contributed by atoms with Crippen molar-refractivity contribution >= 4 is 15.7 Å². The molecule has 1 saturated heterocycles. The van der Waals surface area contributed by atoms with Crippen LogP contribution in [0.5, 0.6) is 0 Å². The van der Waals surface area contributed by atoms with E-state index in [4.69, 9.17) is 0 Å². The maximum Gasteiger partial charge on any atom is 0.211 e. The second kappa shape index (κ2) is 7.22. The summed E-state index contributed by atoms with van der Waals surface area (Å²) >= 11 is 0. The van der Waals surface area contributed by atoms with Crippen LogP contribution in [0.4, 0.5) is 5.69 Å². The molecule has 1 aromatic heterocycles. The average molecular weight is 311 g/mol. The minimum Gasteiger partial charge on any atom is -0.370 e. The first-order chi connectivity index (χ1) is 9.96. The number of anilines is 1. The van der Waals surface area contributed by atoms with Gasteiger partial charge < -0.3 is 4.90 Å². The first kappa shape index (κ1) is 16.2. The lowest BCUT2D eigenvalue weighted by atomic mass is 9.97. The van der Waals surface area contributed by atoms with Crippen LogP contribution in [-0.2, 0) is 10.0 Å². The molecular weight excluding hydrogens is 286 g/mol. The Hall–Kier alpha value is -1.14. The lowest BCUT2D eigenvalue weighted by Crippen LogP contribution is -2.39. The normalized spacial score (nSPS) is 17.4. The van der Waals surface area contributed by atoms with E-state index >= 15 is 0 Å². The van der Waals surface area contributed by atoms with Gasteiger partial charge in [-0.1, -0.05) is 13.8 Å². The molecule has 0 unspecified atom stereocenters. The Labute approximate surface area is 127 Å². The number of hydrogen-bond donors (Lipinski definition) is 1. The average Bonchev–Trinajstić information content (AvgIpc) is 2.45. The molecule has 0 amide bonds. The molecule has 21 heavy (non-hydrogen) atoms. The highest BCUT2D eigenvalue weighted by Crippen LogP contribution is 2.22. The first-order valence-electron chi connectivity index (χ1n) is 7.58. The van der Waals surface area contributed by atoms with E-state index in [0.29, 0.717) is 12.5 Å². The molecule has 2 rings (SSSR count). The number of pyridine rings is 1. The number of sulfonamides is 1. The van der Waals surface area contributed by atoms with Crippen LogP contribution in [0, 0.1) is 11.8 Å². The van der Waals surface area contributed by atoms with E-state index in [9.17, 15) is 8.42 Å². The standard InChI is InChI=1S/C15H25N3O2S/c1-13(2)12-21(19,20)17-10-14-5-8-18(9-6-14)15-4-3-7-16-11-15/h3-4,7,11,13-14,17H,5-6,8-10,12H2,1-2H3. The number of aromatic nitrogens is 1. The Morgan fingerprint density at radius 3 is 2.67 bits per heavy atom. The van der Waals surface area contributed by atoms with Crippen molar-refractivity contribution in [3.8, 4) is 0 Å². The molecule has 1 aromatic rings. The Kier molecular flexibility index (Phi) is 5.58. The van der Waals surface area contributed by atoms with Crippen molar-refractivity contribution in [3.63, 3.8) is 0 Å². The van der Waals surface area contributed by atoms with Crippen molar-refractivity contribution in [1.29, 1.82) is 0 Å². The summed E-state index contributed by atoms with van der Waals surface area (Å²) in [7, 11) is -3.12. The monoisotopic (exact) mass is 311 g/mol. The maximum atomic E-state index is 11.8. The molecule has 5 nitrogen and oxygen atoms in total. The van der Waals surface area contributed by atoms with Crippen LogP contribution in [0.15, 0.2) is 24.5 Å². The fourth-order valence-corrected chi connectivity index (χ4v) is 4.16. The fraction of sp³-hybridized carbons (Fsp3) is 0.667. The van der Waals surface area contributed by atoms with Gasteiger partial charge in [-0.15, -0.1) is 0 Å². The molecule has 6 heteroatoms. The van der Waals surface area contributed by atoms with Gasteiger partial charge in [-0.25, -0.2) is 13.1 Å². The van der Waals surface area contributed by atoms with Crippen LogP contribution >= 0.6 is 0 Å². The van der Waals surface area contributed by atoms with Crippen LogP contribution in [0.3, 0.4) is 0 Å². The summed E-state index contributed by atoms with van der Waals surface area (Å²) < 4.78 is 26.4. The molecule has 0 radical (unpaired) electrons. The zero-order valence-corrected chi connectivity index (χ0v) is 13.6. The van der Waals surface area contributed by atoms with Crippen LogP contribution < -0.4 is 9.62 Å². The van der Waals surface area contributed by atoms with Gasteiger partial charge in [-0.3, -0.25) is 4.98 Å². The third-order valence-corrected chi connectivity index (χ3v) is 5.48. The lowest BCUT2D eigenvalue weighted by Gasteiger charge is -2.33. The Morgan fingerprint density at radius 2 is 2.10 bits per heavy atom. The smallest absolute Gasteiger partial charge is 0.211 e. The van der Waals surface area contributed by atoms with Crippen LogP contribution in [-0.4, -0.2) is 38.8 Å². The predicted molar refractivity (Wildman–Crippen MR) is 85.8 cm³/mol. The van der Waals surface area contributed by atoms with Gasteiger partial charge in [0.25, 0.3) is 0 Å². The Balaban J connectivity index is 1.77. The molecular formula is C15H25N3O2S. The minimum absolute atomic E-state index is 0.162. The summed E-state index contributed by atoms with van der Waals surface area (Å²) in [6, 6.07) is 4.01. The molecule has 1 aliphatic rings. The van der Waals surface area contributed by atoms with Gasteiger partial charge in [-0.05, 0) is 36.8 Å². The van der Waals surface area contributed by atoms with Gasteiger partial charge >= 0.3 is 0 Å². The van der Waals surface area contributed by atoms with Gasteiger partial charge in [0.2, 0.25) is 10.0 Å². The third kappa shape index (κ3) is 5.28. The molecule has 2 heterocycles. The number of hydrogen-bond acceptors (Lipinski definition) is 4. The molecule has 0 saturated carbocycles. The van der Waals surface area contributed by atoms with E-state index in [2.05, 4.69) is 20.7 Å². The first-order valence-corrected chi connectivity index (χ1v) is 9.24. The van der Waals surface area contributed by atoms with Crippen molar-refractivity contribution in [1.82, 2.24) is 9.71 Å². The van der Waals surface area contributed by atoms with E-state index in [0.717, 1.165) is 31.6 Å². The molecule has 1 aliphatic heterocycles. The second-order valence-corrected chi connectivity index (χ2v) is 8.02. The zero-order chi connectivity index (χ0) is 15.3. The van der Waals surface area contributed by atoms with Crippen molar-refractivity contribution < 1.29 is 8.42 Å². The molecule has 0 atom stereocenters. The van der Waals surface area contributed by atoms with Gasteiger partial charge in [-0.2, -0.15) is 0 Å². The van der Waals surface area contributed by atoms with E-state index < -0.39 is 10.0 Å². The number of nitrogens with one attached hydrogen (secondary N) is 1. The summed E-state index contributed by atoms with van der Waals surface area (Å²) in [6.07, 6.45) is 5.68. The minimum atomic E-state index is -3.12. The number of nitrogens with zero attached hydrogens (tertiary/aromatic N) is 2. The molecule has 0 spiro atoms. The van der Waals surface area contributed by atoms with E-state index in [1.165, 1.54) is 0 Å². The molecule has 0 aromatic carbocycles. The molecule has 0 bridgehead atoms. The van der Waals surface area contributed by atoms with Gasteiger partial charge in [0.15, 0.2) is 0 Å². The lowest BCUT2D eigenvalue weighted by molar-refractivity contribution is 0.401. The van der Waals surface area contributed by atoms with Crippen molar-refractivity contribution in [2.45, 2.75) is 26.7 Å². The van der Waals surface area contributed by atoms with Crippen LogP contribution in [0.25, 0.3) is 0 Å². The summed E-state index contributed by atoms with van der Waals surface area (Å²) in [5.41, 5.74) is 1.15. The highest BCUT2D eigenvalue weighted by molar-refractivity contribution is 7.89. The number of piperidine rings is 1. The van der Waals surface area contributed by atoms with Gasteiger partial charge in [0.05, 0.1) is 17.6 Å². The van der Waals surface area contributed by atoms with Crippen LogP contribution in [0.2, 0.25) is 0 Å². The quantitative estimate of drug-likeness (QED) is 0.871. The third-order valence-electron chi connectivity index (χ3n) is 3.77. The molecule has 1 fully saturated rings.